The van der Waals surface area contributed by atoms with Crippen molar-refractivity contribution in [2.24, 2.45) is 5.73 Å². The Labute approximate surface area is 113 Å². The van der Waals surface area contributed by atoms with Crippen molar-refractivity contribution < 1.29 is 5.11 Å². The fourth-order valence-electron chi connectivity index (χ4n) is 1.83. The summed E-state index contributed by atoms with van der Waals surface area (Å²) in [4.78, 5) is 1.96. The first-order valence-corrected chi connectivity index (χ1v) is 6.23. The molecule has 0 atom stereocenters. The second-order valence-corrected chi connectivity index (χ2v) is 5.34. The molecule has 1 rings (SSSR count). The molecule has 100 valence electrons. The molecule has 0 aliphatic rings. The quantitative estimate of drug-likeness (QED) is 0.567. The molecule has 0 bridgehead atoms. The van der Waals surface area contributed by atoms with E-state index < -0.39 is 5.60 Å². The van der Waals surface area contributed by atoms with E-state index in [1.165, 1.54) is 0 Å². The van der Waals surface area contributed by atoms with Gasteiger partial charge in [-0.25, -0.2) is 0 Å². The molecule has 1 aromatic carbocycles. The molecule has 4 nitrogen and oxygen atoms in total. The molecule has 0 aliphatic carbocycles. The van der Waals surface area contributed by atoms with E-state index in [1.807, 2.05) is 11.8 Å². The molecule has 1 aromatic rings. The van der Waals surface area contributed by atoms with Crippen molar-refractivity contribution in [2.75, 3.05) is 18.0 Å². The van der Waals surface area contributed by atoms with E-state index in [2.05, 4.69) is 0 Å². The zero-order valence-corrected chi connectivity index (χ0v) is 11.8. The number of hydrogen-bond acceptors (Lipinski definition) is 3. The molecule has 0 radical (unpaired) electrons. The lowest BCUT2D eigenvalue weighted by Gasteiger charge is -2.31. The van der Waals surface area contributed by atoms with Crippen LogP contribution in [0.3, 0.4) is 0 Å². The van der Waals surface area contributed by atoms with E-state index in [4.69, 9.17) is 22.7 Å². The summed E-state index contributed by atoms with van der Waals surface area (Å²) in [5, 5.41) is 18.1. The molecular weight excluding hydrogens is 250 g/mol. The SMILES string of the molecule is CCN(CC(C)(C)O)c1cc(Cl)ccc1C(=N)N. The molecule has 0 unspecified atom stereocenters. The minimum Gasteiger partial charge on any atom is -0.389 e. The van der Waals surface area contributed by atoms with Gasteiger partial charge in [-0.1, -0.05) is 11.6 Å². The van der Waals surface area contributed by atoms with Crippen molar-refractivity contribution in [1.82, 2.24) is 0 Å². The topological polar surface area (TPSA) is 73.3 Å². The molecular formula is C13H20ClN3O. The summed E-state index contributed by atoms with van der Waals surface area (Å²) in [7, 11) is 0. The normalized spacial score (nSPS) is 11.4. The first kappa shape index (κ1) is 14.8. The molecule has 0 aromatic heterocycles. The fraction of sp³-hybridized carbons (Fsp3) is 0.462. The first-order valence-electron chi connectivity index (χ1n) is 5.86. The number of rotatable bonds is 5. The average molecular weight is 270 g/mol. The summed E-state index contributed by atoms with van der Waals surface area (Å²) in [6, 6.07) is 5.21. The maximum Gasteiger partial charge on any atom is 0.124 e. The van der Waals surface area contributed by atoms with Crippen molar-refractivity contribution in [2.45, 2.75) is 26.4 Å². The van der Waals surface area contributed by atoms with Gasteiger partial charge in [-0.15, -0.1) is 0 Å². The molecule has 0 amide bonds. The molecule has 0 heterocycles. The van der Waals surface area contributed by atoms with Crippen molar-refractivity contribution in [3.8, 4) is 0 Å². The third kappa shape index (κ3) is 3.89. The minimum atomic E-state index is -0.827. The Hall–Kier alpha value is -1.26. The number of nitrogens with two attached hydrogens (primary N) is 1. The van der Waals surface area contributed by atoms with Crippen LogP contribution >= 0.6 is 11.6 Å². The largest absolute Gasteiger partial charge is 0.389 e. The molecule has 0 fully saturated rings. The van der Waals surface area contributed by atoms with E-state index in [-0.39, 0.29) is 5.84 Å². The Bertz CT molecular complexity index is 440. The molecule has 0 saturated heterocycles. The Kier molecular flexibility index (Phi) is 4.59. The van der Waals surface area contributed by atoms with Gasteiger partial charge in [0.15, 0.2) is 0 Å². The average Bonchev–Trinajstić information content (AvgIpc) is 2.24. The first-order chi connectivity index (χ1) is 8.24. The number of likely N-dealkylation sites (N-methyl/N-ethyl adjacent to an activating group) is 1. The number of halogens is 1. The lowest BCUT2D eigenvalue weighted by molar-refractivity contribution is 0.0876. The number of anilines is 1. The highest BCUT2D eigenvalue weighted by atomic mass is 35.5. The number of benzene rings is 1. The van der Waals surface area contributed by atoms with Crippen LogP contribution in [0.15, 0.2) is 18.2 Å². The summed E-state index contributed by atoms with van der Waals surface area (Å²) in [5.74, 6) is -0.00383. The summed E-state index contributed by atoms with van der Waals surface area (Å²) in [6.45, 7) is 6.62. The molecule has 0 saturated carbocycles. The fourth-order valence-corrected chi connectivity index (χ4v) is 1.99. The number of nitrogen functional groups attached to an aromatic ring is 1. The van der Waals surface area contributed by atoms with Gasteiger partial charge in [-0.3, -0.25) is 5.41 Å². The highest BCUT2D eigenvalue weighted by Crippen LogP contribution is 2.26. The van der Waals surface area contributed by atoms with E-state index in [0.717, 1.165) is 5.69 Å². The predicted molar refractivity (Wildman–Crippen MR) is 76.7 cm³/mol. The van der Waals surface area contributed by atoms with Crippen molar-refractivity contribution in [1.29, 1.82) is 5.41 Å². The summed E-state index contributed by atoms with van der Waals surface area (Å²) in [5.41, 5.74) is 6.15. The highest BCUT2D eigenvalue weighted by molar-refractivity contribution is 6.31. The van der Waals surface area contributed by atoms with Crippen LogP contribution in [0.1, 0.15) is 26.3 Å². The zero-order chi connectivity index (χ0) is 13.9. The van der Waals surface area contributed by atoms with E-state index in [9.17, 15) is 5.11 Å². The Morgan fingerprint density at radius 2 is 2.11 bits per heavy atom. The second-order valence-electron chi connectivity index (χ2n) is 4.90. The van der Waals surface area contributed by atoms with Gasteiger partial charge in [0.05, 0.1) is 5.60 Å². The van der Waals surface area contributed by atoms with E-state index in [0.29, 0.717) is 23.7 Å². The monoisotopic (exact) mass is 269 g/mol. The summed E-state index contributed by atoms with van der Waals surface area (Å²) >= 11 is 5.99. The third-order valence-corrected chi connectivity index (χ3v) is 2.79. The van der Waals surface area contributed by atoms with Crippen LogP contribution in [0.25, 0.3) is 0 Å². The maximum absolute atomic E-state index is 9.92. The van der Waals surface area contributed by atoms with Crippen LogP contribution in [0.4, 0.5) is 5.69 Å². The Morgan fingerprint density at radius 1 is 1.50 bits per heavy atom. The van der Waals surface area contributed by atoms with E-state index in [1.54, 1.807) is 32.0 Å². The van der Waals surface area contributed by atoms with Crippen LogP contribution in [-0.2, 0) is 0 Å². The van der Waals surface area contributed by atoms with Gasteiger partial charge in [-0.05, 0) is 39.0 Å². The molecule has 0 spiro atoms. The summed E-state index contributed by atoms with van der Waals surface area (Å²) < 4.78 is 0. The zero-order valence-electron chi connectivity index (χ0n) is 11.0. The van der Waals surface area contributed by atoms with Gasteiger partial charge in [0.1, 0.15) is 5.84 Å². The Balaban J connectivity index is 3.19. The number of hydrogen-bond donors (Lipinski definition) is 3. The lowest BCUT2D eigenvalue weighted by Crippen LogP contribution is -2.39. The molecule has 5 heteroatoms. The van der Waals surface area contributed by atoms with Gasteiger partial charge in [0, 0.05) is 29.4 Å². The van der Waals surface area contributed by atoms with Crippen LogP contribution < -0.4 is 10.6 Å². The van der Waals surface area contributed by atoms with Gasteiger partial charge < -0.3 is 15.7 Å². The van der Waals surface area contributed by atoms with Gasteiger partial charge >= 0.3 is 0 Å². The maximum atomic E-state index is 9.92. The summed E-state index contributed by atoms with van der Waals surface area (Å²) in [6.07, 6.45) is 0. The molecule has 4 N–H and O–H groups in total. The number of amidine groups is 1. The minimum absolute atomic E-state index is 0.00383. The third-order valence-electron chi connectivity index (χ3n) is 2.55. The second kappa shape index (κ2) is 5.59. The highest BCUT2D eigenvalue weighted by Gasteiger charge is 2.20. The van der Waals surface area contributed by atoms with Crippen molar-refractivity contribution in [3.05, 3.63) is 28.8 Å². The predicted octanol–water partition coefficient (Wildman–Crippen LogP) is 2.22. The van der Waals surface area contributed by atoms with Crippen LogP contribution in [0.2, 0.25) is 5.02 Å². The Morgan fingerprint density at radius 3 is 2.56 bits per heavy atom. The molecule has 18 heavy (non-hydrogen) atoms. The van der Waals surface area contributed by atoms with Gasteiger partial charge in [0.25, 0.3) is 0 Å². The number of nitrogens with one attached hydrogen (secondary N) is 1. The van der Waals surface area contributed by atoms with Gasteiger partial charge in [0.2, 0.25) is 0 Å². The van der Waals surface area contributed by atoms with Crippen LogP contribution in [0.5, 0.6) is 0 Å². The number of aliphatic hydroxyl groups is 1. The van der Waals surface area contributed by atoms with Crippen molar-refractivity contribution in [3.63, 3.8) is 0 Å². The van der Waals surface area contributed by atoms with E-state index >= 15 is 0 Å². The lowest BCUT2D eigenvalue weighted by atomic mass is 10.1. The number of nitrogens with zero attached hydrogens (tertiary/aromatic N) is 1. The molecule has 0 aliphatic heterocycles. The smallest absolute Gasteiger partial charge is 0.124 e. The standard InChI is InChI=1S/C13H20ClN3O/c1-4-17(8-13(2,3)18)11-7-9(14)5-6-10(11)12(15)16/h5-7,18H,4,8H2,1-3H3,(H3,15,16). The van der Waals surface area contributed by atoms with Crippen LogP contribution in [0, 0.1) is 5.41 Å². The van der Waals surface area contributed by atoms with Gasteiger partial charge in [-0.2, -0.15) is 0 Å². The van der Waals surface area contributed by atoms with Crippen molar-refractivity contribution >= 4 is 23.1 Å². The van der Waals surface area contributed by atoms with Crippen LogP contribution in [-0.4, -0.2) is 29.6 Å².